The first-order valence-electron chi connectivity index (χ1n) is 9.69. The highest BCUT2D eigenvalue weighted by atomic mass is 32.2. The largest absolute Gasteiger partial charge is 0.457 e. The van der Waals surface area contributed by atoms with Crippen LogP contribution in [0.1, 0.15) is 18.4 Å². The third-order valence-corrected chi connectivity index (χ3v) is 8.24. The number of carbonyl (C=O) groups is 1. The fraction of sp³-hybridized carbons (Fsp3) is 0.227. The van der Waals surface area contributed by atoms with E-state index in [4.69, 9.17) is 4.74 Å². The monoisotopic (exact) mass is 442 g/mol. The fourth-order valence-electron chi connectivity index (χ4n) is 3.48. The summed E-state index contributed by atoms with van der Waals surface area (Å²) in [6.45, 7) is 0.608. The van der Waals surface area contributed by atoms with E-state index in [0.29, 0.717) is 30.9 Å². The van der Waals surface area contributed by atoms with Crippen molar-refractivity contribution in [2.75, 3.05) is 6.54 Å². The average molecular weight is 443 g/mol. The zero-order valence-corrected chi connectivity index (χ0v) is 17.9. The molecule has 2 heterocycles. The lowest BCUT2D eigenvalue weighted by molar-refractivity contribution is -0.124. The second kappa shape index (κ2) is 8.99. The second-order valence-electron chi connectivity index (χ2n) is 6.95. The van der Waals surface area contributed by atoms with Crippen LogP contribution in [0.15, 0.2) is 76.3 Å². The van der Waals surface area contributed by atoms with Crippen LogP contribution in [0.25, 0.3) is 0 Å². The first-order chi connectivity index (χ1) is 14.6. The van der Waals surface area contributed by atoms with E-state index in [1.807, 2.05) is 54.6 Å². The number of nitrogens with one attached hydrogen (secondary N) is 1. The summed E-state index contributed by atoms with van der Waals surface area (Å²) in [6, 6.07) is 19.5. The summed E-state index contributed by atoms with van der Waals surface area (Å²) < 4.78 is 33.3. The SMILES string of the molecule is O=C(NCc1ccccc1Oc1ccccc1)[C@@H]1CCCN1S(=O)(=O)c1cccs1. The van der Waals surface area contributed by atoms with Crippen molar-refractivity contribution in [3.05, 3.63) is 77.7 Å². The quantitative estimate of drug-likeness (QED) is 0.600. The summed E-state index contributed by atoms with van der Waals surface area (Å²) >= 11 is 1.17. The van der Waals surface area contributed by atoms with Crippen molar-refractivity contribution in [3.63, 3.8) is 0 Å². The maximum absolute atomic E-state index is 12.9. The minimum absolute atomic E-state index is 0.255. The third kappa shape index (κ3) is 4.40. The molecule has 1 aromatic heterocycles. The third-order valence-electron chi connectivity index (χ3n) is 4.96. The first-order valence-corrected chi connectivity index (χ1v) is 12.0. The van der Waals surface area contributed by atoms with Gasteiger partial charge in [-0.05, 0) is 42.5 Å². The number of thiophene rings is 1. The van der Waals surface area contributed by atoms with Gasteiger partial charge in [0.25, 0.3) is 10.0 Å². The normalized spacial score (nSPS) is 17.0. The van der Waals surface area contributed by atoms with Gasteiger partial charge in [0.2, 0.25) is 5.91 Å². The van der Waals surface area contributed by atoms with Crippen LogP contribution in [-0.4, -0.2) is 31.2 Å². The Morgan fingerprint density at radius 2 is 1.83 bits per heavy atom. The molecule has 1 atom stereocenters. The molecule has 0 spiro atoms. The van der Waals surface area contributed by atoms with Crippen molar-refractivity contribution in [2.24, 2.45) is 0 Å². The number of hydrogen-bond donors (Lipinski definition) is 1. The Labute approximate surface area is 180 Å². The lowest BCUT2D eigenvalue weighted by Gasteiger charge is -2.23. The van der Waals surface area contributed by atoms with Crippen LogP contribution in [0.2, 0.25) is 0 Å². The Kier molecular flexibility index (Phi) is 6.17. The Hall–Kier alpha value is -2.68. The maximum Gasteiger partial charge on any atom is 0.253 e. The molecule has 4 rings (SSSR count). The van der Waals surface area contributed by atoms with E-state index in [2.05, 4.69) is 5.32 Å². The van der Waals surface area contributed by atoms with Crippen LogP contribution in [0.4, 0.5) is 0 Å². The Bertz CT molecular complexity index is 1100. The molecule has 0 aliphatic carbocycles. The van der Waals surface area contributed by atoms with Crippen LogP contribution in [0.5, 0.6) is 11.5 Å². The number of benzene rings is 2. The van der Waals surface area contributed by atoms with Crippen molar-refractivity contribution < 1.29 is 17.9 Å². The number of nitrogens with zero attached hydrogens (tertiary/aromatic N) is 1. The highest BCUT2D eigenvalue weighted by molar-refractivity contribution is 7.91. The van der Waals surface area contributed by atoms with Gasteiger partial charge in [-0.2, -0.15) is 4.31 Å². The summed E-state index contributed by atoms with van der Waals surface area (Å²) in [4.78, 5) is 12.9. The molecule has 1 N–H and O–H groups in total. The summed E-state index contributed by atoms with van der Waals surface area (Å²) in [5, 5.41) is 4.62. The van der Waals surface area contributed by atoms with E-state index in [1.54, 1.807) is 17.5 Å². The van der Waals surface area contributed by atoms with Gasteiger partial charge in [0, 0.05) is 18.7 Å². The molecule has 0 radical (unpaired) electrons. The van der Waals surface area contributed by atoms with Gasteiger partial charge in [0.1, 0.15) is 21.8 Å². The lowest BCUT2D eigenvalue weighted by Crippen LogP contribution is -2.45. The topological polar surface area (TPSA) is 75.7 Å². The molecule has 3 aromatic rings. The molecule has 2 aromatic carbocycles. The molecule has 1 saturated heterocycles. The van der Waals surface area contributed by atoms with E-state index in [1.165, 1.54) is 15.6 Å². The molecule has 1 fully saturated rings. The van der Waals surface area contributed by atoms with E-state index < -0.39 is 16.1 Å². The molecule has 1 amide bonds. The maximum atomic E-state index is 12.9. The molecule has 8 heteroatoms. The van der Waals surface area contributed by atoms with E-state index in [-0.39, 0.29) is 16.7 Å². The molecule has 156 valence electrons. The van der Waals surface area contributed by atoms with E-state index in [0.717, 1.165) is 5.56 Å². The molecule has 0 unspecified atom stereocenters. The smallest absolute Gasteiger partial charge is 0.253 e. The summed E-state index contributed by atoms with van der Waals surface area (Å²) in [5.41, 5.74) is 0.820. The highest BCUT2D eigenvalue weighted by Gasteiger charge is 2.39. The van der Waals surface area contributed by atoms with Crippen molar-refractivity contribution in [3.8, 4) is 11.5 Å². The number of amides is 1. The van der Waals surface area contributed by atoms with Gasteiger partial charge in [-0.25, -0.2) is 8.42 Å². The minimum Gasteiger partial charge on any atom is -0.457 e. The molecule has 0 bridgehead atoms. The zero-order valence-electron chi connectivity index (χ0n) is 16.2. The van der Waals surface area contributed by atoms with Crippen molar-refractivity contribution in [2.45, 2.75) is 29.6 Å². The molecule has 30 heavy (non-hydrogen) atoms. The van der Waals surface area contributed by atoms with Crippen molar-refractivity contribution in [1.29, 1.82) is 0 Å². The highest BCUT2D eigenvalue weighted by Crippen LogP contribution is 2.29. The Morgan fingerprint density at radius 3 is 2.60 bits per heavy atom. The Morgan fingerprint density at radius 1 is 1.07 bits per heavy atom. The van der Waals surface area contributed by atoms with Crippen LogP contribution < -0.4 is 10.1 Å². The van der Waals surface area contributed by atoms with Gasteiger partial charge in [0.05, 0.1) is 0 Å². The van der Waals surface area contributed by atoms with E-state index >= 15 is 0 Å². The fourth-order valence-corrected chi connectivity index (χ4v) is 6.26. The van der Waals surface area contributed by atoms with Gasteiger partial charge in [0.15, 0.2) is 0 Å². The Balaban J connectivity index is 1.45. The van der Waals surface area contributed by atoms with Crippen molar-refractivity contribution >= 4 is 27.3 Å². The van der Waals surface area contributed by atoms with Gasteiger partial charge < -0.3 is 10.1 Å². The predicted molar refractivity (Wildman–Crippen MR) is 116 cm³/mol. The molecule has 1 aliphatic rings. The number of rotatable bonds is 7. The number of para-hydroxylation sites is 2. The number of carbonyl (C=O) groups excluding carboxylic acids is 1. The van der Waals surface area contributed by atoms with Crippen LogP contribution >= 0.6 is 11.3 Å². The van der Waals surface area contributed by atoms with Gasteiger partial charge in [-0.3, -0.25) is 4.79 Å². The lowest BCUT2D eigenvalue weighted by atomic mass is 10.1. The predicted octanol–water partition coefficient (Wildman–Crippen LogP) is 4.01. The van der Waals surface area contributed by atoms with Gasteiger partial charge in [-0.1, -0.05) is 42.5 Å². The standard InChI is InChI=1S/C22H22N2O4S2/c25-22(19-11-6-14-24(19)30(26,27)21-13-7-15-29-21)23-16-17-8-4-5-12-20(17)28-18-9-2-1-3-10-18/h1-5,7-10,12-13,15,19H,6,11,14,16H2,(H,23,25)/t19-/m0/s1. The molecule has 6 nitrogen and oxygen atoms in total. The van der Waals surface area contributed by atoms with E-state index in [9.17, 15) is 13.2 Å². The zero-order chi connectivity index (χ0) is 21.0. The average Bonchev–Trinajstić information content (AvgIpc) is 3.46. The second-order valence-corrected chi connectivity index (χ2v) is 10.0. The minimum atomic E-state index is -3.66. The number of sulfonamides is 1. The summed E-state index contributed by atoms with van der Waals surface area (Å²) in [7, 11) is -3.66. The summed E-state index contributed by atoms with van der Waals surface area (Å²) in [6.07, 6.45) is 1.18. The molecular weight excluding hydrogens is 420 g/mol. The van der Waals surface area contributed by atoms with Gasteiger partial charge in [-0.15, -0.1) is 11.3 Å². The molecule has 1 aliphatic heterocycles. The first kappa shape index (κ1) is 20.6. The van der Waals surface area contributed by atoms with Crippen molar-refractivity contribution in [1.82, 2.24) is 9.62 Å². The summed E-state index contributed by atoms with van der Waals surface area (Å²) in [5.74, 6) is 1.07. The van der Waals surface area contributed by atoms with Crippen LogP contribution in [0, 0.1) is 0 Å². The number of ether oxygens (including phenoxy) is 1. The molecular formula is C22H22N2O4S2. The number of hydrogen-bond acceptors (Lipinski definition) is 5. The van der Waals surface area contributed by atoms with Crippen LogP contribution in [-0.2, 0) is 21.4 Å². The van der Waals surface area contributed by atoms with Crippen LogP contribution in [0.3, 0.4) is 0 Å². The van der Waals surface area contributed by atoms with Gasteiger partial charge >= 0.3 is 0 Å². The molecule has 0 saturated carbocycles.